The molecular weight excluding hydrogens is 407 g/mol. The second-order valence-electron chi connectivity index (χ2n) is 8.08. The maximum absolute atomic E-state index is 12.5. The largest absolute Gasteiger partial charge is 0.487 e. The lowest BCUT2D eigenvalue weighted by Gasteiger charge is -2.32. The van der Waals surface area contributed by atoms with Gasteiger partial charge in [-0.2, -0.15) is 0 Å². The van der Waals surface area contributed by atoms with Crippen LogP contribution in [0.15, 0.2) is 30.2 Å². The molecule has 0 aliphatic carbocycles. The van der Waals surface area contributed by atoms with Gasteiger partial charge in [-0.3, -0.25) is 9.59 Å². The Kier molecular flexibility index (Phi) is 8.14. The number of rotatable bonds is 8. The van der Waals surface area contributed by atoms with Crippen LogP contribution in [0.3, 0.4) is 0 Å². The van der Waals surface area contributed by atoms with Gasteiger partial charge in [-0.15, -0.1) is 0 Å². The number of allylic oxidation sites excluding steroid dienone is 1. The third-order valence-electron chi connectivity index (χ3n) is 5.39. The molecule has 0 N–H and O–H groups in total. The Labute approximate surface area is 184 Å². The van der Waals surface area contributed by atoms with Crippen molar-refractivity contribution >= 4 is 36.2 Å². The van der Waals surface area contributed by atoms with E-state index in [2.05, 4.69) is 0 Å². The first-order valence-corrected chi connectivity index (χ1v) is 10.5. The quantitative estimate of drug-likeness (QED) is 0.340. The molecule has 1 saturated heterocycles. The molecule has 0 bridgehead atoms. The van der Waals surface area contributed by atoms with Crippen LogP contribution in [0.4, 0.5) is 0 Å². The molecule has 1 aliphatic rings. The van der Waals surface area contributed by atoms with Crippen LogP contribution in [0, 0.1) is 5.92 Å². The molecule has 1 aliphatic heterocycles. The minimum atomic E-state index is -1.09. The predicted octanol–water partition coefficient (Wildman–Crippen LogP) is 4.49. The third kappa shape index (κ3) is 5.87. The van der Waals surface area contributed by atoms with Crippen molar-refractivity contribution in [2.45, 2.75) is 59.2 Å². The van der Waals surface area contributed by atoms with E-state index in [1.807, 2.05) is 39.8 Å². The summed E-state index contributed by atoms with van der Waals surface area (Å²) in [6, 6.07) is 7.15. The van der Waals surface area contributed by atoms with Crippen molar-refractivity contribution < 1.29 is 28.4 Å². The molecule has 1 aromatic carbocycles. The summed E-state index contributed by atoms with van der Waals surface area (Å²) in [6.45, 7) is 11.6. The van der Waals surface area contributed by atoms with Crippen LogP contribution >= 0.6 is 11.6 Å². The van der Waals surface area contributed by atoms with Crippen molar-refractivity contribution in [1.82, 2.24) is 0 Å². The van der Waals surface area contributed by atoms with Gasteiger partial charge in [0.2, 0.25) is 0 Å². The van der Waals surface area contributed by atoms with Crippen LogP contribution in [0.2, 0.25) is 5.02 Å². The van der Waals surface area contributed by atoms with Gasteiger partial charge in [-0.25, -0.2) is 0 Å². The number of ether oxygens (including phenoxy) is 2. The first-order valence-electron chi connectivity index (χ1n) is 10.2. The maximum atomic E-state index is 12.5. The Morgan fingerprint density at radius 2 is 1.47 bits per heavy atom. The number of halogens is 1. The standard InChI is InChI=1S/C22H30BClO6/c1-7-27-19(25)18(20(26)28-8-2)13-16(15-9-11-17(24)12-10-15)14-23-29-21(3,4)22(5,6)30-23/h9-12,14,18H,7-8,13H2,1-6H3/b16-14+. The fraction of sp³-hybridized carbons (Fsp3) is 0.545. The fourth-order valence-electron chi connectivity index (χ4n) is 3.04. The number of benzene rings is 1. The topological polar surface area (TPSA) is 71.1 Å². The lowest BCUT2D eigenvalue weighted by Crippen LogP contribution is -2.41. The summed E-state index contributed by atoms with van der Waals surface area (Å²) < 4.78 is 22.4. The smallest absolute Gasteiger partial charge is 0.465 e. The van der Waals surface area contributed by atoms with E-state index in [-0.39, 0.29) is 19.6 Å². The van der Waals surface area contributed by atoms with E-state index in [4.69, 9.17) is 30.4 Å². The van der Waals surface area contributed by atoms with E-state index in [0.717, 1.165) is 5.56 Å². The molecule has 0 aromatic heterocycles. The van der Waals surface area contributed by atoms with Gasteiger partial charge in [0, 0.05) is 5.02 Å². The average Bonchev–Trinajstić information content (AvgIpc) is 2.86. The van der Waals surface area contributed by atoms with Gasteiger partial charge in [0.15, 0.2) is 5.92 Å². The molecule has 6 nitrogen and oxygen atoms in total. The number of hydrogen-bond acceptors (Lipinski definition) is 6. The molecule has 0 amide bonds. The number of hydrogen-bond donors (Lipinski definition) is 0. The number of carbonyl (C=O) groups is 2. The number of carbonyl (C=O) groups excluding carboxylic acids is 2. The lowest BCUT2D eigenvalue weighted by molar-refractivity contribution is -0.161. The van der Waals surface area contributed by atoms with Crippen molar-refractivity contribution in [3.05, 3.63) is 40.8 Å². The fourth-order valence-corrected chi connectivity index (χ4v) is 3.16. The average molecular weight is 437 g/mol. The van der Waals surface area contributed by atoms with Crippen molar-refractivity contribution in [2.24, 2.45) is 5.92 Å². The summed E-state index contributed by atoms with van der Waals surface area (Å²) in [6.07, 6.45) is 0.0867. The molecule has 164 valence electrons. The molecule has 1 aromatic rings. The van der Waals surface area contributed by atoms with E-state index in [1.165, 1.54) is 0 Å². The summed E-state index contributed by atoms with van der Waals surface area (Å²) in [5.41, 5.74) is 0.478. The maximum Gasteiger partial charge on any atom is 0.487 e. The van der Waals surface area contributed by atoms with E-state index in [1.54, 1.807) is 32.0 Å². The normalized spacial score (nSPS) is 17.9. The van der Waals surface area contributed by atoms with Gasteiger partial charge in [-0.05, 0) is 71.2 Å². The second kappa shape index (κ2) is 9.99. The first kappa shape index (κ1) is 24.4. The summed E-state index contributed by atoms with van der Waals surface area (Å²) in [5.74, 6) is -0.533. The van der Waals surface area contributed by atoms with Gasteiger partial charge < -0.3 is 18.8 Å². The van der Waals surface area contributed by atoms with Crippen molar-refractivity contribution in [3.63, 3.8) is 0 Å². The lowest BCUT2D eigenvalue weighted by atomic mass is 9.81. The highest BCUT2D eigenvalue weighted by atomic mass is 35.5. The molecule has 1 fully saturated rings. The van der Waals surface area contributed by atoms with Crippen LogP contribution in [0.1, 0.15) is 53.5 Å². The minimum Gasteiger partial charge on any atom is -0.465 e. The molecule has 0 radical (unpaired) electrons. The Hall–Kier alpha value is -1.83. The molecule has 0 spiro atoms. The van der Waals surface area contributed by atoms with Crippen LogP contribution in [0.5, 0.6) is 0 Å². The van der Waals surface area contributed by atoms with Gasteiger partial charge in [0.1, 0.15) is 0 Å². The zero-order valence-electron chi connectivity index (χ0n) is 18.5. The third-order valence-corrected chi connectivity index (χ3v) is 5.64. The van der Waals surface area contributed by atoms with Crippen LogP contribution in [-0.4, -0.2) is 43.5 Å². The zero-order chi connectivity index (χ0) is 22.5. The van der Waals surface area contributed by atoms with E-state index >= 15 is 0 Å². The molecule has 0 saturated carbocycles. The van der Waals surface area contributed by atoms with Gasteiger partial charge >= 0.3 is 19.1 Å². The number of esters is 2. The zero-order valence-corrected chi connectivity index (χ0v) is 19.2. The Balaban J connectivity index is 2.41. The van der Waals surface area contributed by atoms with Crippen molar-refractivity contribution in [1.29, 1.82) is 0 Å². The molecule has 30 heavy (non-hydrogen) atoms. The van der Waals surface area contributed by atoms with E-state index < -0.39 is 36.2 Å². The highest BCUT2D eigenvalue weighted by Gasteiger charge is 2.50. The van der Waals surface area contributed by atoms with Crippen molar-refractivity contribution in [3.8, 4) is 0 Å². The van der Waals surface area contributed by atoms with Crippen LogP contribution in [0.25, 0.3) is 5.57 Å². The Bertz CT molecular complexity index is 753. The van der Waals surface area contributed by atoms with Crippen molar-refractivity contribution in [2.75, 3.05) is 13.2 Å². The molecule has 8 heteroatoms. The highest BCUT2D eigenvalue weighted by molar-refractivity contribution is 6.53. The molecule has 1 heterocycles. The van der Waals surface area contributed by atoms with Crippen LogP contribution in [-0.2, 0) is 28.4 Å². The summed E-state index contributed by atoms with van der Waals surface area (Å²) in [7, 11) is -0.634. The Morgan fingerprint density at radius 1 is 1.00 bits per heavy atom. The summed E-state index contributed by atoms with van der Waals surface area (Å²) in [4.78, 5) is 25.0. The minimum absolute atomic E-state index is 0.0867. The summed E-state index contributed by atoms with van der Waals surface area (Å²) in [5, 5.41) is 0.584. The molecule has 0 unspecified atom stereocenters. The second-order valence-corrected chi connectivity index (χ2v) is 8.52. The summed E-state index contributed by atoms with van der Waals surface area (Å²) >= 11 is 6.03. The van der Waals surface area contributed by atoms with E-state index in [0.29, 0.717) is 10.6 Å². The Morgan fingerprint density at radius 3 is 1.90 bits per heavy atom. The molecular formula is C22H30BClO6. The van der Waals surface area contributed by atoms with Gasteiger partial charge in [0.25, 0.3) is 0 Å². The molecule has 2 rings (SSSR count). The predicted molar refractivity (Wildman–Crippen MR) is 117 cm³/mol. The van der Waals surface area contributed by atoms with E-state index in [9.17, 15) is 9.59 Å². The van der Waals surface area contributed by atoms with Gasteiger partial charge in [-0.1, -0.05) is 29.7 Å². The highest BCUT2D eigenvalue weighted by Crippen LogP contribution is 2.38. The monoisotopic (exact) mass is 436 g/mol. The first-order chi connectivity index (χ1) is 14.0. The van der Waals surface area contributed by atoms with Crippen LogP contribution < -0.4 is 0 Å². The molecule has 0 atom stereocenters. The van der Waals surface area contributed by atoms with Gasteiger partial charge in [0.05, 0.1) is 24.4 Å². The SMILES string of the molecule is CCOC(=O)C(C/C(=C\B1OC(C)(C)C(C)(C)O1)c1ccc(Cl)cc1)C(=O)OCC.